The predicted molar refractivity (Wildman–Crippen MR) is 74.9 cm³/mol. The molecule has 1 aromatic rings. The summed E-state index contributed by atoms with van der Waals surface area (Å²) in [5.41, 5.74) is 0.860. The lowest BCUT2D eigenvalue weighted by atomic mass is 10.2. The second-order valence-corrected chi connectivity index (χ2v) is 3.83. The van der Waals surface area contributed by atoms with E-state index in [1.807, 2.05) is 30.3 Å². The van der Waals surface area contributed by atoms with Crippen molar-refractivity contribution >= 4 is 12.1 Å². The number of hydrogen-bond acceptors (Lipinski definition) is 4. The second kappa shape index (κ2) is 8.53. The Labute approximate surface area is 117 Å². The number of hydrogen-bond donors (Lipinski definition) is 1. The number of esters is 1. The molecule has 1 aromatic carbocycles. The van der Waals surface area contributed by atoms with Crippen LogP contribution in [0, 0.1) is 0 Å². The van der Waals surface area contributed by atoms with Crippen molar-refractivity contribution in [2.45, 2.75) is 12.6 Å². The maximum atomic E-state index is 11.6. The molecule has 0 radical (unpaired) electrons. The van der Waals surface area contributed by atoms with Gasteiger partial charge < -0.3 is 14.8 Å². The standard InChI is InChI=1S/C15H17NO4/c1-3-4-10-13(14(17)19-2)16-15(18)20-11-12-8-6-5-7-9-12/h3-10,13H,1,11H2,2H3,(H,16,18)/b10-4+. The first-order valence-corrected chi connectivity index (χ1v) is 6.01. The van der Waals surface area contributed by atoms with Crippen molar-refractivity contribution in [2.75, 3.05) is 7.11 Å². The van der Waals surface area contributed by atoms with Crippen molar-refractivity contribution in [1.29, 1.82) is 0 Å². The third kappa shape index (κ3) is 5.39. The van der Waals surface area contributed by atoms with Crippen molar-refractivity contribution in [3.05, 3.63) is 60.7 Å². The highest BCUT2D eigenvalue weighted by atomic mass is 16.6. The van der Waals surface area contributed by atoms with Gasteiger partial charge in [-0.15, -0.1) is 0 Å². The molecular formula is C15H17NO4. The van der Waals surface area contributed by atoms with Gasteiger partial charge in [0, 0.05) is 0 Å². The van der Waals surface area contributed by atoms with E-state index in [0.717, 1.165) is 5.56 Å². The van der Waals surface area contributed by atoms with Gasteiger partial charge in [-0.1, -0.05) is 55.1 Å². The molecule has 0 aromatic heterocycles. The first-order valence-electron chi connectivity index (χ1n) is 6.01. The summed E-state index contributed by atoms with van der Waals surface area (Å²) in [5.74, 6) is -0.584. The largest absolute Gasteiger partial charge is 0.467 e. The summed E-state index contributed by atoms with van der Waals surface area (Å²) in [6.45, 7) is 3.62. The third-order valence-corrected chi connectivity index (χ3v) is 2.38. The zero-order valence-corrected chi connectivity index (χ0v) is 11.2. The number of nitrogens with one attached hydrogen (secondary N) is 1. The molecule has 1 N–H and O–H groups in total. The Balaban J connectivity index is 2.51. The molecule has 106 valence electrons. The van der Waals surface area contributed by atoms with Crippen LogP contribution >= 0.6 is 0 Å². The van der Waals surface area contributed by atoms with Crippen LogP contribution in [0.2, 0.25) is 0 Å². The first kappa shape index (κ1) is 15.5. The average Bonchev–Trinajstić information content (AvgIpc) is 2.49. The third-order valence-electron chi connectivity index (χ3n) is 2.38. The molecule has 5 nitrogen and oxygen atoms in total. The molecule has 0 aliphatic rings. The van der Waals surface area contributed by atoms with Crippen molar-refractivity contribution in [3.63, 3.8) is 0 Å². The van der Waals surface area contributed by atoms with Crippen LogP contribution in [0.4, 0.5) is 4.79 Å². The highest BCUT2D eigenvalue weighted by molar-refractivity contribution is 5.83. The zero-order chi connectivity index (χ0) is 14.8. The van der Waals surface area contributed by atoms with Gasteiger partial charge in [-0.3, -0.25) is 0 Å². The molecule has 0 saturated carbocycles. The molecular weight excluding hydrogens is 258 g/mol. The lowest BCUT2D eigenvalue weighted by molar-refractivity contribution is -0.141. The van der Waals surface area contributed by atoms with Gasteiger partial charge in [0.1, 0.15) is 12.6 Å². The van der Waals surface area contributed by atoms with Crippen LogP contribution in [0.15, 0.2) is 55.1 Å². The summed E-state index contributed by atoms with van der Waals surface area (Å²) >= 11 is 0. The average molecular weight is 275 g/mol. The highest BCUT2D eigenvalue weighted by Crippen LogP contribution is 2.01. The molecule has 1 atom stereocenters. The number of rotatable bonds is 6. The van der Waals surface area contributed by atoms with Gasteiger partial charge in [-0.25, -0.2) is 9.59 Å². The number of alkyl carbamates (subject to hydrolysis) is 1. The van der Waals surface area contributed by atoms with Crippen molar-refractivity contribution < 1.29 is 19.1 Å². The Kier molecular flexibility index (Phi) is 6.61. The summed E-state index contributed by atoms with van der Waals surface area (Å²) in [4.78, 5) is 23.1. The Morgan fingerprint density at radius 3 is 2.65 bits per heavy atom. The fourth-order valence-corrected chi connectivity index (χ4v) is 1.39. The van der Waals surface area contributed by atoms with E-state index in [2.05, 4.69) is 16.6 Å². The predicted octanol–water partition coefficient (Wildman–Crippen LogP) is 2.20. The van der Waals surface area contributed by atoms with E-state index in [1.54, 1.807) is 6.08 Å². The number of amides is 1. The molecule has 0 aliphatic heterocycles. The molecule has 1 rings (SSSR count). The van der Waals surface area contributed by atoms with Gasteiger partial charge in [-0.2, -0.15) is 0 Å². The lowest BCUT2D eigenvalue weighted by Crippen LogP contribution is -2.40. The van der Waals surface area contributed by atoms with Gasteiger partial charge in [-0.05, 0) is 5.56 Å². The van der Waals surface area contributed by atoms with Gasteiger partial charge in [0.05, 0.1) is 7.11 Å². The highest BCUT2D eigenvalue weighted by Gasteiger charge is 2.18. The normalized spacial score (nSPS) is 11.7. The van der Waals surface area contributed by atoms with Gasteiger partial charge >= 0.3 is 12.1 Å². The van der Waals surface area contributed by atoms with Crippen LogP contribution in [0.25, 0.3) is 0 Å². The maximum Gasteiger partial charge on any atom is 0.408 e. The quantitative estimate of drug-likeness (QED) is 0.638. The van der Waals surface area contributed by atoms with E-state index in [-0.39, 0.29) is 6.61 Å². The number of benzene rings is 1. The fourth-order valence-electron chi connectivity index (χ4n) is 1.39. The number of carbonyl (C=O) groups is 2. The monoisotopic (exact) mass is 275 g/mol. The van der Waals surface area contributed by atoms with Gasteiger partial charge in [0.2, 0.25) is 0 Å². The number of methoxy groups -OCH3 is 1. The number of carbonyl (C=O) groups excluding carboxylic acids is 2. The van der Waals surface area contributed by atoms with E-state index >= 15 is 0 Å². The SMILES string of the molecule is C=C/C=C/C(NC(=O)OCc1ccccc1)C(=O)OC. The molecule has 20 heavy (non-hydrogen) atoms. The summed E-state index contributed by atoms with van der Waals surface area (Å²) in [6.07, 6.45) is 3.80. The Bertz CT molecular complexity index is 482. The molecule has 0 saturated heterocycles. The minimum atomic E-state index is -0.902. The van der Waals surface area contributed by atoms with Crippen molar-refractivity contribution in [2.24, 2.45) is 0 Å². The molecule has 0 heterocycles. The van der Waals surface area contributed by atoms with Crippen molar-refractivity contribution in [1.82, 2.24) is 5.32 Å². The molecule has 1 amide bonds. The van der Waals surface area contributed by atoms with E-state index in [0.29, 0.717) is 0 Å². The van der Waals surface area contributed by atoms with Crippen molar-refractivity contribution in [3.8, 4) is 0 Å². The minimum absolute atomic E-state index is 0.131. The van der Waals surface area contributed by atoms with Gasteiger partial charge in [0.15, 0.2) is 0 Å². The maximum absolute atomic E-state index is 11.6. The van der Waals surface area contributed by atoms with Crippen LogP contribution in [0.3, 0.4) is 0 Å². The van der Waals surface area contributed by atoms with Crippen LogP contribution in [0.5, 0.6) is 0 Å². The lowest BCUT2D eigenvalue weighted by Gasteiger charge is -2.12. The van der Waals surface area contributed by atoms with Crippen LogP contribution < -0.4 is 5.32 Å². The molecule has 5 heteroatoms. The number of ether oxygens (including phenoxy) is 2. The Morgan fingerprint density at radius 1 is 1.35 bits per heavy atom. The molecule has 0 bridgehead atoms. The topological polar surface area (TPSA) is 64.6 Å². The summed E-state index contributed by atoms with van der Waals surface area (Å²) in [5, 5.41) is 2.40. The van der Waals surface area contributed by atoms with Crippen LogP contribution in [-0.4, -0.2) is 25.2 Å². The molecule has 0 aliphatic carbocycles. The summed E-state index contributed by atoms with van der Waals surface area (Å²) < 4.78 is 9.59. The minimum Gasteiger partial charge on any atom is -0.467 e. The smallest absolute Gasteiger partial charge is 0.408 e. The summed E-state index contributed by atoms with van der Waals surface area (Å²) in [6, 6.07) is 8.34. The van der Waals surface area contributed by atoms with Gasteiger partial charge in [0.25, 0.3) is 0 Å². The van der Waals surface area contributed by atoms with E-state index in [1.165, 1.54) is 19.3 Å². The second-order valence-electron chi connectivity index (χ2n) is 3.83. The summed E-state index contributed by atoms with van der Waals surface area (Å²) in [7, 11) is 1.24. The molecule has 0 fully saturated rings. The van der Waals surface area contributed by atoms with Crippen LogP contribution in [-0.2, 0) is 20.9 Å². The molecule has 0 spiro atoms. The Morgan fingerprint density at radius 2 is 2.05 bits per heavy atom. The van der Waals surface area contributed by atoms with E-state index in [4.69, 9.17) is 4.74 Å². The number of allylic oxidation sites excluding steroid dienone is 2. The van der Waals surface area contributed by atoms with E-state index < -0.39 is 18.1 Å². The van der Waals surface area contributed by atoms with E-state index in [9.17, 15) is 9.59 Å². The fraction of sp³-hybridized carbons (Fsp3) is 0.200. The van der Waals surface area contributed by atoms with Crippen LogP contribution in [0.1, 0.15) is 5.56 Å². The zero-order valence-electron chi connectivity index (χ0n) is 11.2. The Hall–Kier alpha value is -2.56. The first-order chi connectivity index (χ1) is 9.67. The molecule has 1 unspecified atom stereocenters.